The lowest BCUT2D eigenvalue weighted by molar-refractivity contribution is 0.0791. The molecule has 0 radical (unpaired) electrons. The van der Waals surface area contributed by atoms with E-state index in [0.29, 0.717) is 23.6 Å². The Morgan fingerprint density at radius 2 is 1.91 bits per heavy atom. The van der Waals surface area contributed by atoms with Crippen molar-refractivity contribution in [2.75, 3.05) is 40.4 Å². The van der Waals surface area contributed by atoms with Gasteiger partial charge in [-0.1, -0.05) is 11.6 Å². The van der Waals surface area contributed by atoms with Crippen LogP contribution in [0.25, 0.3) is 6.08 Å². The van der Waals surface area contributed by atoms with Crippen LogP contribution < -0.4 is 14.8 Å². The molecule has 0 saturated carbocycles. The largest absolute Gasteiger partial charge is 0.493 e. The number of aliphatic imine (C=N–C) groups is 1. The van der Waals surface area contributed by atoms with E-state index in [0.717, 1.165) is 24.0 Å². The van der Waals surface area contributed by atoms with Gasteiger partial charge in [0.1, 0.15) is 17.5 Å². The maximum absolute atomic E-state index is 14.0. The molecule has 0 aromatic heterocycles. The SMILES string of the molecule is COc1ccc(C(=O)N(CC2=NCCN2)C/C(C)=C/c2ccc(F)cc2F)cc1OC.Cl. The molecule has 32 heavy (non-hydrogen) atoms. The Morgan fingerprint density at radius 1 is 1.16 bits per heavy atom. The highest BCUT2D eigenvalue weighted by Gasteiger charge is 2.21. The molecule has 9 heteroatoms. The lowest BCUT2D eigenvalue weighted by Gasteiger charge is -2.24. The topological polar surface area (TPSA) is 63.2 Å². The Morgan fingerprint density at radius 3 is 2.53 bits per heavy atom. The van der Waals surface area contributed by atoms with Crippen molar-refractivity contribution in [1.29, 1.82) is 0 Å². The first kappa shape index (κ1) is 25.1. The number of halogens is 3. The average molecular weight is 466 g/mol. The molecule has 3 rings (SSSR count). The van der Waals surface area contributed by atoms with Gasteiger partial charge in [-0.25, -0.2) is 8.78 Å². The summed E-state index contributed by atoms with van der Waals surface area (Å²) < 4.78 is 37.8. The molecule has 1 amide bonds. The minimum atomic E-state index is -0.654. The summed E-state index contributed by atoms with van der Waals surface area (Å²) in [6, 6.07) is 8.37. The van der Waals surface area contributed by atoms with Crippen LogP contribution in [0, 0.1) is 11.6 Å². The number of amides is 1. The van der Waals surface area contributed by atoms with Crippen molar-refractivity contribution in [2.24, 2.45) is 4.99 Å². The smallest absolute Gasteiger partial charge is 0.254 e. The van der Waals surface area contributed by atoms with E-state index in [1.54, 1.807) is 36.1 Å². The lowest BCUT2D eigenvalue weighted by Crippen LogP contribution is -2.40. The van der Waals surface area contributed by atoms with E-state index in [1.165, 1.54) is 26.4 Å². The molecule has 1 N–H and O–H groups in total. The minimum absolute atomic E-state index is 0. The van der Waals surface area contributed by atoms with Crippen molar-refractivity contribution < 1.29 is 23.0 Å². The molecule has 6 nitrogen and oxygen atoms in total. The van der Waals surface area contributed by atoms with Crippen LogP contribution in [0.5, 0.6) is 11.5 Å². The van der Waals surface area contributed by atoms with Crippen molar-refractivity contribution in [1.82, 2.24) is 10.2 Å². The van der Waals surface area contributed by atoms with Crippen molar-refractivity contribution in [3.05, 3.63) is 64.7 Å². The Kier molecular flexibility index (Phi) is 9.02. The number of nitrogens with zero attached hydrogens (tertiary/aromatic N) is 2. The zero-order valence-corrected chi connectivity index (χ0v) is 19.0. The highest BCUT2D eigenvalue weighted by Crippen LogP contribution is 2.28. The normalized spacial score (nSPS) is 13.0. The van der Waals surface area contributed by atoms with Crippen LogP contribution in [0.3, 0.4) is 0 Å². The first-order chi connectivity index (χ1) is 14.9. The van der Waals surface area contributed by atoms with Crippen LogP contribution in [0.4, 0.5) is 8.78 Å². The Labute approximate surface area is 192 Å². The summed E-state index contributed by atoms with van der Waals surface area (Å²) in [6.45, 7) is 3.70. The van der Waals surface area contributed by atoms with Gasteiger partial charge in [0.15, 0.2) is 11.5 Å². The molecule has 0 spiro atoms. The number of hydrogen-bond donors (Lipinski definition) is 1. The molecule has 0 unspecified atom stereocenters. The van der Waals surface area contributed by atoms with Gasteiger partial charge in [-0.05, 0) is 37.3 Å². The van der Waals surface area contributed by atoms with E-state index in [1.807, 2.05) is 0 Å². The zero-order valence-electron chi connectivity index (χ0n) is 18.2. The molecule has 1 aliphatic heterocycles. The summed E-state index contributed by atoms with van der Waals surface area (Å²) >= 11 is 0. The van der Waals surface area contributed by atoms with E-state index < -0.39 is 11.6 Å². The quantitative estimate of drug-likeness (QED) is 0.641. The average Bonchev–Trinajstić information content (AvgIpc) is 3.27. The number of amidine groups is 1. The van der Waals surface area contributed by atoms with Crippen LogP contribution in [-0.2, 0) is 0 Å². The number of benzene rings is 2. The Balaban J connectivity index is 0.00000363. The fourth-order valence-corrected chi connectivity index (χ4v) is 3.32. The summed E-state index contributed by atoms with van der Waals surface area (Å²) in [6.07, 6.45) is 1.60. The molecule has 0 atom stereocenters. The summed E-state index contributed by atoms with van der Waals surface area (Å²) in [5, 5.41) is 3.16. The van der Waals surface area contributed by atoms with Gasteiger partial charge in [-0.2, -0.15) is 0 Å². The van der Waals surface area contributed by atoms with Crippen LogP contribution in [0.15, 0.2) is 47.0 Å². The van der Waals surface area contributed by atoms with Gasteiger partial charge in [0.05, 0.1) is 27.3 Å². The number of carbonyl (C=O) groups excluding carboxylic acids is 1. The molecule has 0 fully saturated rings. The van der Waals surface area contributed by atoms with Crippen LogP contribution in [0.2, 0.25) is 0 Å². The van der Waals surface area contributed by atoms with E-state index >= 15 is 0 Å². The van der Waals surface area contributed by atoms with E-state index in [-0.39, 0.29) is 37.0 Å². The maximum Gasteiger partial charge on any atom is 0.254 e. The first-order valence-corrected chi connectivity index (χ1v) is 9.82. The minimum Gasteiger partial charge on any atom is -0.493 e. The summed E-state index contributed by atoms with van der Waals surface area (Å²) in [5.74, 6) is 0.168. The number of hydrogen-bond acceptors (Lipinski definition) is 5. The summed E-state index contributed by atoms with van der Waals surface area (Å²) in [7, 11) is 3.03. The maximum atomic E-state index is 14.0. The van der Waals surface area contributed by atoms with Crippen LogP contribution in [-0.4, -0.2) is 57.0 Å². The van der Waals surface area contributed by atoms with E-state index in [2.05, 4.69) is 10.3 Å². The molecular formula is C23H26ClF2N3O3. The molecule has 0 saturated heterocycles. The third-order valence-corrected chi connectivity index (χ3v) is 4.81. The third kappa shape index (κ3) is 6.20. The van der Waals surface area contributed by atoms with Crippen LogP contribution >= 0.6 is 12.4 Å². The molecule has 172 valence electrons. The summed E-state index contributed by atoms with van der Waals surface area (Å²) in [4.78, 5) is 19.3. The number of nitrogens with one attached hydrogen (secondary N) is 1. The second-order valence-electron chi connectivity index (χ2n) is 7.14. The third-order valence-electron chi connectivity index (χ3n) is 4.81. The number of methoxy groups -OCH3 is 2. The van der Waals surface area contributed by atoms with Gasteiger partial charge in [0.25, 0.3) is 5.91 Å². The van der Waals surface area contributed by atoms with Gasteiger partial charge in [-0.3, -0.25) is 9.79 Å². The van der Waals surface area contributed by atoms with Gasteiger partial charge < -0.3 is 19.7 Å². The Bertz CT molecular complexity index is 1030. The molecule has 2 aromatic carbocycles. The molecule has 0 aliphatic carbocycles. The first-order valence-electron chi connectivity index (χ1n) is 9.82. The van der Waals surface area contributed by atoms with Crippen LogP contribution in [0.1, 0.15) is 22.8 Å². The van der Waals surface area contributed by atoms with Gasteiger partial charge in [-0.15, -0.1) is 12.4 Å². The second-order valence-corrected chi connectivity index (χ2v) is 7.14. The molecule has 1 heterocycles. The van der Waals surface area contributed by atoms with Gasteiger partial charge >= 0.3 is 0 Å². The molecular weight excluding hydrogens is 440 g/mol. The summed E-state index contributed by atoms with van der Waals surface area (Å²) in [5.41, 5.74) is 1.42. The fourth-order valence-electron chi connectivity index (χ4n) is 3.32. The lowest BCUT2D eigenvalue weighted by atomic mass is 10.1. The van der Waals surface area contributed by atoms with Crippen molar-refractivity contribution in [3.8, 4) is 11.5 Å². The number of carbonyl (C=O) groups is 1. The Hall–Kier alpha value is -3.13. The predicted octanol–water partition coefficient (Wildman–Crippen LogP) is 3.95. The molecule has 0 bridgehead atoms. The van der Waals surface area contributed by atoms with Crippen molar-refractivity contribution >= 4 is 30.2 Å². The monoisotopic (exact) mass is 465 g/mol. The predicted molar refractivity (Wildman–Crippen MR) is 123 cm³/mol. The van der Waals surface area contributed by atoms with E-state index in [9.17, 15) is 13.6 Å². The molecule has 1 aliphatic rings. The van der Waals surface area contributed by atoms with Gasteiger partial charge in [0, 0.05) is 30.3 Å². The number of rotatable bonds is 8. The van der Waals surface area contributed by atoms with Gasteiger partial charge in [0.2, 0.25) is 0 Å². The fraction of sp³-hybridized carbons (Fsp3) is 0.304. The standard InChI is InChI=1S/C23H25F2N3O3.ClH/c1-15(10-16-4-6-18(24)12-19(16)25)13-28(14-22-26-8-9-27-22)23(29)17-5-7-20(30-2)21(11-17)31-3;/h4-7,10-12H,8-9,13-14H2,1-3H3,(H,26,27);1H/b15-10+;. The molecule has 2 aromatic rings. The highest BCUT2D eigenvalue weighted by molar-refractivity contribution is 5.98. The van der Waals surface area contributed by atoms with Crippen molar-refractivity contribution in [2.45, 2.75) is 6.92 Å². The number of ether oxygens (including phenoxy) is 2. The van der Waals surface area contributed by atoms with Crippen molar-refractivity contribution in [3.63, 3.8) is 0 Å². The van der Waals surface area contributed by atoms with E-state index in [4.69, 9.17) is 9.47 Å². The second kappa shape index (κ2) is 11.5. The zero-order chi connectivity index (χ0) is 22.4. The highest BCUT2D eigenvalue weighted by atomic mass is 35.5.